The van der Waals surface area contributed by atoms with Crippen LogP contribution in [0.4, 0.5) is 4.39 Å². The van der Waals surface area contributed by atoms with Crippen LogP contribution in [0.2, 0.25) is 0 Å². The van der Waals surface area contributed by atoms with Gasteiger partial charge in [0.15, 0.2) is 0 Å². The molecule has 1 amide bonds. The van der Waals surface area contributed by atoms with E-state index in [-0.39, 0.29) is 11.3 Å². The summed E-state index contributed by atoms with van der Waals surface area (Å²) in [5, 5.41) is 6.05. The van der Waals surface area contributed by atoms with Crippen molar-refractivity contribution in [3.8, 4) is 5.75 Å². The van der Waals surface area contributed by atoms with Gasteiger partial charge in [0.1, 0.15) is 17.1 Å². The Labute approximate surface area is 124 Å². The largest absolute Gasteiger partial charge is 0.496 e. The number of piperazine rings is 1. The summed E-state index contributed by atoms with van der Waals surface area (Å²) >= 11 is 0. The molecule has 0 spiro atoms. The van der Waals surface area contributed by atoms with Crippen LogP contribution >= 0.6 is 0 Å². The summed E-state index contributed by atoms with van der Waals surface area (Å²) in [5.41, 5.74) is -0.0258. The second kappa shape index (κ2) is 7.95. The number of halogens is 1. The van der Waals surface area contributed by atoms with E-state index in [1.807, 2.05) is 0 Å². The molecule has 1 aromatic rings. The van der Waals surface area contributed by atoms with Gasteiger partial charge >= 0.3 is 0 Å². The first-order valence-electron chi connectivity index (χ1n) is 7.26. The van der Waals surface area contributed by atoms with Crippen LogP contribution in [0.25, 0.3) is 0 Å². The van der Waals surface area contributed by atoms with E-state index in [0.29, 0.717) is 6.54 Å². The number of carbonyl (C=O) groups excluding carboxylic acids is 1. The van der Waals surface area contributed by atoms with Gasteiger partial charge in [-0.1, -0.05) is 6.07 Å². The van der Waals surface area contributed by atoms with Crippen LogP contribution in [0, 0.1) is 5.82 Å². The summed E-state index contributed by atoms with van der Waals surface area (Å²) in [5.74, 6) is -0.728. The number of hydrogen-bond acceptors (Lipinski definition) is 4. The molecule has 0 radical (unpaired) electrons. The summed E-state index contributed by atoms with van der Waals surface area (Å²) < 4.78 is 18.8. The average Bonchev–Trinajstić information content (AvgIpc) is 2.52. The van der Waals surface area contributed by atoms with E-state index in [1.165, 1.54) is 19.2 Å². The van der Waals surface area contributed by atoms with Gasteiger partial charge in [0.25, 0.3) is 5.91 Å². The molecule has 0 saturated carbocycles. The minimum atomic E-state index is -0.561. The molecule has 1 aliphatic heterocycles. The number of rotatable bonds is 6. The molecule has 0 atom stereocenters. The van der Waals surface area contributed by atoms with Crippen LogP contribution in [0.15, 0.2) is 18.2 Å². The molecule has 0 aromatic heterocycles. The van der Waals surface area contributed by atoms with E-state index >= 15 is 0 Å². The normalized spacial score (nSPS) is 15.7. The van der Waals surface area contributed by atoms with Gasteiger partial charge < -0.3 is 20.3 Å². The molecule has 1 aliphatic rings. The van der Waals surface area contributed by atoms with Crippen molar-refractivity contribution in [1.29, 1.82) is 0 Å². The fourth-order valence-electron chi connectivity index (χ4n) is 2.42. The first-order chi connectivity index (χ1) is 10.2. The molecule has 6 heteroatoms. The zero-order valence-corrected chi connectivity index (χ0v) is 12.3. The Morgan fingerprint density at radius 1 is 1.43 bits per heavy atom. The lowest BCUT2D eigenvalue weighted by molar-refractivity contribution is 0.0944. The molecule has 116 valence electrons. The van der Waals surface area contributed by atoms with Gasteiger partial charge in [0.05, 0.1) is 7.11 Å². The van der Waals surface area contributed by atoms with Crippen LogP contribution in [-0.2, 0) is 0 Å². The Hall–Kier alpha value is -1.66. The van der Waals surface area contributed by atoms with Crippen LogP contribution in [0.5, 0.6) is 5.75 Å². The number of nitrogens with zero attached hydrogens (tertiary/aromatic N) is 1. The lowest BCUT2D eigenvalue weighted by Crippen LogP contribution is -2.44. The van der Waals surface area contributed by atoms with E-state index in [9.17, 15) is 9.18 Å². The molecule has 1 aromatic carbocycles. The van der Waals surface area contributed by atoms with Crippen molar-refractivity contribution in [1.82, 2.24) is 15.5 Å². The third-order valence-electron chi connectivity index (χ3n) is 3.57. The lowest BCUT2D eigenvalue weighted by atomic mass is 10.1. The smallest absolute Gasteiger partial charge is 0.258 e. The minimum absolute atomic E-state index is 0.0258. The molecule has 2 rings (SSSR count). The number of methoxy groups -OCH3 is 1. The molecule has 0 bridgehead atoms. The van der Waals surface area contributed by atoms with Crippen LogP contribution in [0.3, 0.4) is 0 Å². The van der Waals surface area contributed by atoms with E-state index in [0.717, 1.165) is 39.1 Å². The third-order valence-corrected chi connectivity index (χ3v) is 3.57. The van der Waals surface area contributed by atoms with Crippen LogP contribution < -0.4 is 15.4 Å². The predicted molar refractivity (Wildman–Crippen MR) is 79.2 cm³/mol. The van der Waals surface area contributed by atoms with Gasteiger partial charge in [0, 0.05) is 32.7 Å². The molecule has 2 N–H and O–H groups in total. The highest BCUT2D eigenvalue weighted by Crippen LogP contribution is 2.20. The van der Waals surface area contributed by atoms with Crippen molar-refractivity contribution in [3.05, 3.63) is 29.6 Å². The third kappa shape index (κ3) is 4.41. The zero-order valence-electron chi connectivity index (χ0n) is 12.3. The maximum absolute atomic E-state index is 13.7. The second-order valence-electron chi connectivity index (χ2n) is 5.02. The highest BCUT2D eigenvalue weighted by atomic mass is 19.1. The molecule has 1 fully saturated rings. The molecule has 1 saturated heterocycles. The van der Waals surface area contributed by atoms with Crippen molar-refractivity contribution < 1.29 is 13.9 Å². The highest BCUT2D eigenvalue weighted by Gasteiger charge is 2.17. The van der Waals surface area contributed by atoms with Crippen molar-refractivity contribution in [3.63, 3.8) is 0 Å². The van der Waals surface area contributed by atoms with Crippen LogP contribution in [-0.4, -0.2) is 57.2 Å². The summed E-state index contributed by atoms with van der Waals surface area (Å²) in [4.78, 5) is 14.4. The number of amides is 1. The van der Waals surface area contributed by atoms with Gasteiger partial charge in [-0.25, -0.2) is 4.39 Å². The minimum Gasteiger partial charge on any atom is -0.496 e. The number of benzene rings is 1. The molecule has 0 unspecified atom stereocenters. The van der Waals surface area contributed by atoms with Crippen molar-refractivity contribution >= 4 is 5.91 Å². The number of hydrogen-bond donors (Lipinski definition) is 2. The standard InChI is InChI=1S/C15H22FN3O2/c1-21-13-5-2-4-12(16)14(13)15(20)18-6-3-9-19-10-7-17-8-11-19/h2,4-5,17H,3,6-11H2,1H3,(H,18,20). The second-order valence-corrected chi connectivity index (χ2v) is 5.02. The van der Waals surface area contributed by atoms with Crippen molar-refractivity contribution in [2.75, 3.05) is 46.4 Å². The molecular weight excluding hydrogens is 273 g/mol. The molecular formula is C15H22FN3O2. The maximum Gasteiger partial charge on any atom is 0.258 e. The summed E-state index contributed by atoms with van der Waals surface area (Å²) in [6, 6.07) is 4.37. The van der Waals surface area contributed by atoms with E-state index in [4.69, 9.17) is 4.74 Å². The Bertz CT molecular complexity index is 476. The monoisotopic (exact) mass is 295 g/mol. The molecule has 1 heterocycles. The number of carbonyl (C=O) groups is 1. The van der Waals surface area contributed by atoms with Gasteiger partial charge in [-0.05, 0) is 25.1 Å². The first kappa shape index (κ1) is 15.7. The SMILES string of the molecule is COc1cccc(F)c1C(=O)NCCCN1CCNCC1. The Balaban J connectivity index is 1.79. The summed E-state index contributed by atoms with van der Waals surface area (Å²) in [6.45, 7) is 5.57. The molecule has 21 heavy (non-hydrogen) atoms. The fourth-order valence-corrected chi connectivity index (χ4v) is 2.42. The van der Waals surface area contributed by atoms with Crippen molar-refractivity contribution in [2.45, 2.75) is 6.42 Å². The van der Waals surface area contributed by atoms with Crippen LogP contribution in [0.1, 0.15) is 16.8 Å². The summed E-state index contributed by atoms with van der Waals surface area (Å²) in [7, 11) is 1.43. The topological polar surface area (TPSA) is 53.6 Å². The number of ether oxygens (including phenoxy) is 1. The lowest BCUT2D eigenvalue weighted by Gasteiger charge is -2.27. The van der Waals surface area contributed by atoms with Crippen molar-refractivity contribution in [2.24, 2.45) is 0 Å². The van der Waals surface area contributed by atoms with Gasteiger partial charge in [0.2, 0.25) is 0 Å². The average molecular weight is 295 g/mol. The number of nitrogens with one attached hydrogen (secondary N) is 2. The highest BCUT2D eigenvalue weighted by molar-refractivity contribution is 5.97. The van der Waals surface area contributed by atoms with E-state index in [1.54, 1.807) is 6.07 Å². The Morgan fingerprint density at radius 2 is 2.19 bits per heavy atom. The maximum atomic E-state index is 13.7. The summed E-state index contributed by atoms with van der Waals surface area (Å²) in [6.07, 6.45) is 0.850. The first-order valence-corrected chi connectivity index (χ1v) is 7.26. The fraction of sp³-hybridized carbons (Fsp3) is 0.533. The van der Waals surface area contributed by atoms with E-state index in [2.05, 4.69) is 15.5 Å². The molecule has 0 aliphatic carbocycles. The van der Waals surface area contributed by atoms with Gasteiger partial charge in [-0.2, -0.15) is 0 Å². The van der Waals surface area contributed by atoms with Gasteiger partial charge in [-0.3, -0.25) is 4.79 Å². The van der Waals surface area contributed by atoms with E-state index < -0.39 is 11.7 Å². The Kier molecular flexibility index (Phi) is 5.95. The quantitative estimate of drug-likeness (QED) is 0.764. The zero-order chi connectivity index (χ0) is 15.1. The predicted octanol–water partition coefficient (Wildman–Crippen LogP) is 0.859. The Morgan fingerprint density at radius 3 is 2.90 bits per heavy atom. The van der Waals surface area contributed by atoms with Gasteiger partial charge in [-0.15, -0.1) is 0 Å². The molecule has 5 nitrogen and oxygen atoms in total.